The van der Waals surface area contributed by atoms with Gasteiger partial charge in [0.25, 0.3) is 11.5 Å². The second-order valence-corrected chi connectivity index (χ2v) is 7.21. The van der Waals surface area contributed by atoms with Gasteiger partial charge in [0.15, 0.2) is 0 Å². The van der Waals surface area contributed by atoms with Crippen LogP contribution < -0.4 is 10.9 Å². The summed E-state index contributed by atoms with van der Waals surface area (Å²) in [7, 11) is 0. The molecule has 0 spiro atoms. The average Bonchev–Trinajstić information content (AvgIpc) is 2.78. The Morgan fingerprint density at radius 2 is 1.91 bits per heavy atom. The van der Waals surface area contributed by atoms with Crippen LogP contribution in [0.25, 0.3) is 10.9 Å². The van der Waals surface area contributed by atoms with E-state index in [4.69, 9.17) is 0 Å². The van der Waals surface area contributed by atoms with Gasteiger partial charge >= 0.3 is 0 Å². The molecule has 2 rings (SSSR count). The molecule has 0 atom stereocenters. The number of carbonyl (C=O) groups is 1. The van der Waals surface area contributed by atoms with Crippen molar-refractivity contribution in [3.05, 3.63) is 33.6 Å². The third kappa shape index (κ3) is 3.40. The Morgan fingerprint density at radius 3 is 2.50 bits per heavy atom. The summed E-state index contributed by atoms with van der Waals surface area (Å²) >= 11 is 0. The summed E-state index contributed by atoms with van der Waals surface area (Å²) in [6.45, 7) is 11.0. The molecule has 5 heteroatoms. The van der Waals surface area contributed by atoms with E-state index in [-0.39, 0.29) is 16.9 Å². The highest BCUT2D eigenvalue weighted by Gasteiger charge is 2.22. The van der Waals surface area contributed by atoms with E-state index in [9.17, 15) is 9.59 Å². The van der Waals surface area contributed by atoms with Crippen LogP contribution in [0.1, 0.15) is 57.0 Å². The zero-order chi connectivity index (χ0) is 16.5. The van der Waals surface area contributed by atoms with Gasteiger partial charge in [-0.05, 0) is 35.4 Å². The molecule has 0 unspecified atom stereocenters. The first-order valence-corrected chi connectivity index (χ1v) is 7.73. The van der Waals surface area contributed by atoms with Crippen LogP contribution in [0.3, 0.4) is 0 Å². The normalized spacial score (nSPS) is 12.1. The highest BCUT2D eigenvalue weighted by Crippen LogP contribution is 2.28. The number of fused-ring (bicyclic) bond motifs is 1. The van der Waals surface area contributed by atoms with Gasteiger partial charge in [0.2, 0.25) is 0 Å². The second-order valence-electron chi connectivity index (χ2n) is 7.21. The first-order chi connectivity index (χ1) is 10.2. The quantitative estimate of drug-likeness (QED) is 0.812. The Morgan fingerprint density at radius 1 is 1.23 bits per heavy atom. The molecular weight excluding hydrogens is 278 g/mol. The number of benzene rings is 1. The Labute approximate surface area is 130 Å². The van der Waals surface area contributed by atoms with Gasteiger partial charge in [-0.2, -0.15) is 0 Å². The van der Waals surface area contributed by atoms with Crippen molar-refractivity contribution in [2.75, 3.05) is 6.54 Å². The number of hydrogen-bond acceptors (Lipinski definition) is 2. The van der Waals surface area contributed by atoms with Crippen LogP contribution in [0.5, 0.6) is 0 Å². The van der Waals surface area contributed by atoms with E-state index in [1.165, 1.54) is 0 Å². The van der Waals surface area contributed by atoms with Crippen molar-refractivity contribution in [2.45, 2.75) is 46.5 Å². The Balaban J connectivity index is 2.40. The van der Waals surface area contributed by atoms with Gasteiger partial charge in [-0.1, -0.05) is 34.6 Å². The summed E-state index contributed by atoms with van der Waals surface area (Å²) in [6, 6.07) is 3.56. The molecule has 3 N–H and O–H groups in total. The minimum absolute atomic E-state index is 0.102. The lowest BCUT2D eigenvalue weighted by molar-refractivity contribution is 0.0952. The van der Waals surface area contributed by atoms with Crippen LogP contribution in [0.15, 0.2) is 16.9 Å². The van der Waals surface area contributed by atoms with Gasteiger partial charge in [-0.25, -0.2) is 0 Å². The van der Waals surface area contributed by atoms with E-state index in [0.29, 0.717) is 28.9 Å². The van der Waals surface area contributed by atoms with Crippen molar-refractivity contribution in [1.82, 2.24) is 15.5 Å². The fourth-order valence-corrected chi connectivity index (χ4v) is 2.47. The van der Waals surface area contributed by atoms with Gasteiger partial charge in [0.1, 0.15) is 0 Å². The minimum atomic E-state index is -0.221. The van der Waals surface area contributed by atoms with E-state index in [2.05, 4.69) is 29.4 Å². The van der Waals surface area contributed by atoms with Crippen LogP contribution in [0.2, 0.25) is 0 Å². The molecule has 1 amide bonds. The molecule has 0 aliphatic carbocycles. The molecule has 0 aliphatic heterocycles. The first-order valence-electron chi connectivity index (χ1n) is 7.73. The summed E-state index contributed by atoms with van der Waals surface area (Å²) < 4.78 is 0. The van der Waals surface area contributed by atoms with E-state index in [0.717, 1.165) is 12.0 Å². The maximum atomic E-state index is 12.3. The van der Waals surface area contributed by atoms with Crippen LogP contribution in [0, 0.1) is 5.92 Å². The summed E-state index contributed by atoms with van der Waals surface area (Å²) in [5.41, 5.74) is 1.76. The maximum absolute atomic E-state index is 12.3. The second kappa shape index (κ2) is 5.99. The van der Waals surface area contributed by atoms with E-state index >= 15 is 0 Å². The molecule has 0 fully saturated rings. The lowest BCUT2D eigenvalue weighted by Crippen LogP contribution is -2.26. The molecule has 1 aromatic heterocycles. The van der Waals surface area contributed by atoms with Crippen molar-refractivity contribution in [2.24, 2.45) is 5.92 Å². The smallest absolute Gasteiger partial charge is 0.272 e. The van der Waals surface area contributed by atoms with Gasteiger partial charge in [0.05, 0.1) is 10.9 Å². The summed E-state index contributed by atoms with van der Waals surface area (Å²) in [5.74, 6) is 0.448. The predicted octanol–water partition coefficient (Wildman–Crippen LogP) is 2.93. The molecule has 0 saturated carbocycles. The van der Waals surface area contributed by atoms with E-state index in [1.54, 1.807) is 6.07 Å². The molecular formula is C17H25N3O2. The predicted molar refractivity (Wildman–Crippen MR) is 89.4 cm³/mol. The SMILES string of the molecule is CC(C)CCNC(=O)c1cc(C(C)(C)C)c2c(=O)[nH][nH]c2c1. The number of hydrogen-bond donors (Lipinski definition) is 3. The molecule has 0 bridgehead atoms. The molecule has 0 saturated heterocycles. The number of amides is 1. The number of aromatic nitrogens is 2. The zero-order valence-electron chi connectivity index (χ0n) is 14.0. The van der Waals surface area contributed by atoms with Crippen molar-refractivity contribution in [3.63, 3.8) is 0 Å². The fraction of sp³-hybridized carbons (Fsp3) is 0.529. The van der Waals surface area contributed by atoms with Gasteiger partial charge in [-0.3, -0.25) is 19.8 Å². The Kier molecular flexibility index (Phi) is 4.44. The Bertz CT molecular complexity index is 732. The maximum Gasteiger partial charge on any atom is 0.272 e. The highest BCUT2D eigenvalue weighted by atomic mass is 16.1. The number of H-pyrrole nitrogens is 2. The van der Waals surface area contributed by atoms with Crippen molar-refractivity contribution in [1.29, 1.82) is 0 Å². The van der Waals surface area contributed by atoms with Crippen LogP contribution >= 0.6 is 0 Å². The number of aromatic amines is 2. The lowest BCUT2D eigenvalue weighted by Gasteiger charge is -2.20. The molecule has 5 nitrogen and oxygen atoms in total. The molecule has 1 heterocycles. The average molecular weight is 303 g/mol. The number of nitrogens with one attached hydrogen (secondary N) is 3. The van der Waals surface area contributed by atoms with Crippen molar-refractivity contribution >= 4 is 16.8 Å². The van der Waals surface area contributed by atoms with E-state index < -0.39 is 0 Å². The van der Waals surface area contributed by atoms with Crippen molar-refractivity contribution in [3.8, 4) is 0 Å². The first kappa shape index (κ1) is 16.3. The van der Waals surface area contributed by atoms with Gasteiger partial charge in [0, 0.05) is 12.1 Å². The van der Waals surface area contributed by atoms with E-state index in [1.807, 2.05) is 26.8 Å². The van der Waals surface area contributed by atoms with Gasteiger partial charge in [-0.15, -0.1) is 0 Å². The summed E-state index contributed by atoms with van der Waals surface area (Å²) in [4.78, 5) is 24.3. The standard InChI is InChI=1S/C17H25N3O2/c1-10(2)6-7-18-15(21)11-8-12(17(3,4)5)14-13(9-11)19-20-16(14)22/h8-10H,6-7H2,1-5H3,(H,18,21)(H2,19,20,22). The van der Waals surface area contributed by atoms with Crippen LogP contribution in [-0.4, -0.2) is 22.6 Å². The Hall–Kier alpha value is -2.04. The van der Waals surface area contributed by atoms with Crippen LogP contribution in [-0.2, 0) is 5.41 Å². The molecule has 0 radical (unpaired) electrons. The number of rotatable bonds is 4. The largest absolute Gasteiger partial charge is 0.352 e. The fourth-order valence-electron chi connectivity index (χ4n) is 2.47. The summed E-state index contributed by atoms with van der Waals surface area (Å²) in [6.07, 6.45) is 0.946. The zero-order valence-corrected chi connectivity index (χ0v) is 14.0. The molecule has 1 aromatic carbocycles. The minimum Gasteiger partial charge on any atom is -0.352 e. The number of carbonyl (C=O) groups excluding carboxylic acids is 1. The lowest BCUT2D eigenvalue weighted by atomic mass is 9.84. The summed E-state index contributed by atoms with van der Waals surface area (Å²) in [5, 5.41) is 9.02. The monoisotopic (exact) mass is 303 g/mol. The molecule has 0 aliphatic rings. The highest BCUT2D eigenvalue weighted by molar-refractivity contribution is 5.99. The molecule has 22 heavy (non-hydrogen) atoms. The van der Waals surface area contributed by atoms with Crippen molar-refractivity contribution < 1.29 is 4.79 Å². The molecule has 2 aromatic rings. The van der Waals surface area contributed by atoms with Crippen LogP contribution in [0.4, 0.5) is 0 Å². The third-order valence-electron chi connectivity index (χ3n) is 3.75. The third-order valence-corrected chi connectivity index (χ3v) is 3.75. The molecule has 120 valence electrons. The van der Waals surface area contributed by atoms with Gasteiger partial charge < -0.3 is 5.32 Å². The topological polar surface area (TPSA) is 77.8 Å².